The Hall–Kier alpha value is -3.91. The lowest BCUT2D eigenvalue weighted by molar-refractivity contribution is -0.425. The number of hydrogen-bond acceptors (Lipinski definition) is 10. The van der Waals surface area contributed by atoms with Crippen LogP contribution < -0.4 is 5.32 Å². The maximum atomic E-state index is 12.9. The Bertz CT molecular complexity index is 1440. The van der Waals surface area contributed by atoms with Crippen molar-refractivity contribution in [3.63, 3.8) is 0 Å². The van der Waals surface area contributed by atoms with Gasteiger partial charge in [0.2, 0.25) is 23.1 Å². The van der Waals surface area contributed by atoms with Crippen molar-refractivity contribution in [3.05, 3.63) is 81.6 Å². The van der Waals surface area contributed by atoms with Gasteiger partial charge >= 0.3 is 5.97 Å². The first-order chi connectivity index (χ1) is 22.7. The van der Waals surface area contributed by atoms with Gasteiger partial charge in [-0.15, -0.1) is 0 Å². The first-order valence-corrected chi connectivity index (χ1v) is 16.3. The highest BCUT2D eigenvalue weighted by molar-refractivity contribution is 5.99. The van der Waals surface area contributed by atoms with E-state index >= 15 is 0 Å². The second-order valence-electron chi connectivity index (χ2n) is 13.5. The number of amides is 2. The van der Waals surface area contributed by atoms with E-state index < -0.39 is 69.6 Å². The van der Waals surface area contributed by atoms with Crippen LogP contribution >= 0.6 is 0 Å². The van der Waals surface area contributed by atoms with Crippen LogP contribution in [-0.4, -0.2) is 99.2 Å². The molecular formula is C36H53N3O10. The van der Waals surface area contributed by atoms with Crippen LogP contribution in [0.4, 0.5) is 0 Å². The van der Waals surface area contributed by atoms with Crippen molar-refractivity contribution in [1.29, 1.82) is 0 Å². The van der Waals surface area contributed by atoms with E-state index in [0.29, 0.717) is 11.1 Å². The van der Waals surface area contributed by atoms with Gasteiger partial charge in [0.1, 0.15) is 11.7 Å². The summed E-state index contributed by atoms with van der Waals surface area (Å²) in [6.45, 7) is 13.2. The third kappa shape index (κ3) is 8.12. The molecule has 0 aromatic rings. The average Bonchev–Trinajstić information content (AvgIpc) is 3.22. The Kier molecular flexibility index (Phi) is 14.0. The van der Waals surface area contributed by atoms with Crippen molar-refractivity contribution in [1.82, 2.24) is 10.2 Å². The van der Waals surface area contributed by atoms with Gasteiger partial charge in [-0.1, -0.05) is 68.5 Å². The number of cyclic esters (lactones) is 1. The summed E-state index contributed by atoms with van der Waals surface area (Å²) in [5.74, 6) is -2.82. The van der Waals surface area contributed by atoms with Crippen LogP contribution in [0.15, 0.2) is 71.5 Å². The standard InChI is InChI=1S/C36H53N3O10/c1-22(26(5)39(46)47)17-13-11-14-18-23(2)30(41)34(7,8)32(43)37-20-16-12-15-19-28(40)24(3)21-29(48-10)36(45)25(4)31(42)38(9)35(36)27(6)49-33(35)44/h11-19,24-25,27-30,40-41,45H,20-21H2,1-10H3,(H,37,43)/b14-11+,16-12+,17-13+,19-15+,23-18+,26-22+. The molecule has 2 aliphatic heterocycles. The van der Waals surface area contributed by atoms with Gasteiger partial charge in [0.25, 0.3) is 0 Å². The van der Waals surface area contributed by atoms with Crippen molar-refractivity contribution in [2.45, 2.75) is 97.4 Å². The largest absolute Gasteiger partial charge is 0.457 e. The number of ether oxygens (including phenoxy) is 2. The summed E-state index contributed by atoms with van der Waals surface area (Å²) < 4.78 is 10.9. The van der Waals surface area contributed by atoms with Gasteiger partial charge < -0.3 is 35.0 Å². The van der Waals surface area contributed by atoms with Crippen molar-refractivity contribution in [3.8, 4) is 0 Å². The maximum absolute atomic E-state index is 12.9. The number of carbonyl (C=O) groups is 3. The number of nitro groups is 1. The molecule has 2 fully saturated rings. The summed E-state index contributed by atoms with van der Waals surface area (Å²) in [5.41, 5.74) is -3.46. The molecule has 0 saturated carbocycles. The molecule has 0 bridgehead atoms. The Morgan fingerprint density at radius 2 is 1.78 bits per heavy atom. The van der Waals surface area contributed by atoms with Crippen LogP contribution in [0, 0.1) is 27.4 Å². The summed E-state index contributed by atoms with van der Waals surface area (Å²) in [6, 6.07) is 0. The molecule has 0 aromatic carbocycles. The number of likely N-dealkylation sites (tertiary alicyclic amines) is 1. The first kappa shape index (κ1) is 41.3. The first-order valence-electron chi connectivity index (χ1n) is 16.3. The van der Waals surface area contributed by atoms with Crippen molar-refractivity contribution in [2.24, 2.45) is 17.3 Å². The molecule has 0 radical (unpaired) electrons. The van der Waals surface area contributed by atoms with Crippen molar-refractivity contribution in [2.75, 3.05) is 20.7 Å². The van der Waals surface area contributed by atoms with E-state index in [1.165, 1.54) is 26.0 Å². The fraction of sp³-hybridized carbons (Fsp3) is 0.583. The smallest absolute Gasteiger partial charge is 0.339 e. The second-order valence-corrected chi connectivity index (χ2v) is 13.5. The summed E-state index contributed by atoms with van der Waals surface area (Å²) in [5, 5.41) is 47.2. The van der Waals surface area contributed by atoms with E-state index in [0.717, 1.165) is 0 Å². The van der Waals surface area contributed by atoms with Crippen molar-refractivity contribution < 1.29 is 44.1 Å². The van der Waals surface area contributed by atoms with E-state index in [-0.39, 0.29) is 24.6 Å². The lowest BCUT2D eigenvalue weighted by Gasteiger charge is -2.55. The molecule has 0 aliphatic carbocycles. The minimum absolute atomic E-state index is 0.0567. The highest BCUT2D eigenvalue weighted by Gasteiger charge is 2.80. The molecule has 2 amide bonds. The molecule has 13 heteroatoms. The predicted octanol–water partition coefficient (Wildman–Crippen LogP) is 3.16. The van der Waals surface area contributed by atoms with Crippen LogP contribution in [-0.2, 0) is 23.9 Å². The average molecular weight is 688 g/mol. The molecule has 8 atom stereocenters. The lowest BCUT2D eigenvalue weighted by Crippen LogP contribution is -2.80. The van der Waals surface area contributed by atoms with Gasteiger partial charge in [-0.3, -0.25) is 19.7 Å². The van der Waals surface area contributed by atoms with Crippen LogP contribution in [0.3, 0.4) is 0 Å². The van der Waals surface area contributed by atoms with Gasteiger partial charge in [-0.05, 0) is 52.5 Å². The minimum Gasteiger partial charge on any atom is -0.457 e. The Labute approximate surface area is 288 Å². The number of methoxy groups -OCH3 is 1. The van der Waals surface area contributed by atoms with Crippen LogP contribution in [0.1, 0.15) is 61.8 Å². The monoisotopic (exact) mass is 687 g/mol. The predicted molar refractivity (Wildman–Crippen MR) is 184 cm³/mol. The topological polar surface area (TPSA) is 189 Å². The SMILES string of the molecule is COC(CC(C)C(O)/C=C/C=C/CNC(=O)C(C)(C)C(O)/C(C)=C/C=C/C=C/C(C)=C(\C)[N+](=O)[O-])C1(O)C(C)C(=O)N(C)C12C(=O)OC2C. The second kappa shape index (κ2) is 16.7. The Balaban J connectivity index is 1.95. The van der Waals surface area contributed by atoms with E-state index in [2.05, 4.69) is 5.32 Å². The minimum atomic E-state index is -1.87. The zero-order valence-electron chi connectivity index (χ0n) is 30.2. The summed E-state index contributed by atoms with van der Waals surface area (Å²) in [7, 11) is 2.87. The zero-order chi connectivity index (χ0) is 37.5. The van der Waals surface area contributed by atoms with Crippen LogP contribution in [0.2, 0.25) is 0 Å². The van der Waals surface area contributed by atoms with Crippen molar-refractivity contribution >= 4 is 17.8 Å². The lowest BCUT2D eigenvalue weighted by atomic mass is 9.65. The summed E-state index contributed by atoms with van der Waals surface area (Å²) in [4.78, 5) is 50.2. The molecule has 2 rings (SSSR count). The number of allylic oxidation sites excluding steroid dienone is 9. The van der Waals surface area contributed by atoms with Gasteiger partial charge in [-0.25, -0.2) is 4.79 Å². The molecule has 49 heavy (non-hydrogen) atoms. The van der Waals surface area contributed by atoms with E-state index in [4.69, 9.17) is 9.47 Å². The van der Waals surface area contributed by atoms with Crippen LogP contribution in [0.5, 0.6) is 0 Å². The van der Waals surface area contributed by atoms with Gasteiger partial charge in [0, 0.05) is 33.2 Å². The third-order valence-electron chi connectivity index (χ3n) is 10.0. The highest BCUT2D eigenvalue weighted by atomic mass is 16.6. The molecule has 2 heterocycles. The van der Waals surface area contributed by atoms with Crippen LogP contribution in [0.25, 0.3) is 0 Å². The number of likely N-dealkylation sites (N-methyl/N-ethyl adjacent to an activating group) is 1. The number of esters is 1. The number of hydrogen-bond donors (Lipinski definition) is 4. The van der Waals surface area contributed by atoms with E-state index in [1.54, 1.807) is 103 Å². The third-order valence-corrected chi connectivity index (χ3v) is 10.0. The highest BCUT2D eigenvalue weighted by Crippen LogP contribution is 2.54. The van der Waals surface area contributed by atoms with Gasteiger partial charge in [0.15, 0.2) is 0 Å². The molecule has 2 aliphatic rings. The number of nitrogens with zero attached hydrogens (tertiary/aromatic N) is 2. The normalized spacial score (nSPS) is 27.9. The Morgan fingerprint density at radius 1 is 1.14 bits per heavy atom. The quantitative estimate of drug-likeness (QED) is 0.0812. The molecule has 2 saturated heterocycles. The van der Waals surface area contributed by atoms with E-state index in [1.807, 2.05) is 0 Å². The maximum Gasteiger partial charge on any atom is 0.339 e. The molecule has 13 nitrogen and oxygen atoms in total. The number of aliphatic hydroxyl groups is 3. The number of nitrogens with one attached hydrogen (secondary N) is 1. The molecular weight excluding hydrogens is 634 g/mol. The fourth-order valence-corrected chi connectivity index (χ4v) is 6.46. The number of aliphatic hydroxyl groups excluding tert-OH is 2. The van der Waals surface area contributed by atoms with E-state index in [9.17, 15) is 39.8 Å². The molecule has 0 aromatic heterocycles. The number of carbonyl (C=O) groups excluding carboxylic acids is 3. The number of rotatable bonds is 16. The van der Waals surface area contributed by atoms with Gasteiger partial charge in [0.05, 0.1) is 34.6 Å². The zero-order valence-corrected chi connectivity index (χ0v) is 30.2. The molecule has 8 unspecified atom stereocenters. The summed E-state index contributed by atoms with van der Waals surface area (Å²) in [6.07, 6.45) is 11.2. The summed E-state index contributed by atoms with van der Waals surface area (Å²) >= 11 is 0. The fourth-order valence-electron chi connectivity index (χ4n) is 6.46. The Morgan fingerprint density at radius 3 is 2.33 bits per heavy atom. The molecule has 272 valence electrons. The molecule has 1 spiro atoms. The molecule has 4 N–H and O–H groups in total. The van der Waals surface area contributed by atoms with Gasteiger partial charge in [-0.2, -0.15) is 0 Å².